The van der Waals surface area contributed by atoms with E-state index in [1.165, 1.54) is 4.90 Å². The Morgan fingerprint density at radius 3 is 2.06 bits per heavy atom. The number of amides is 1. The van der Waals surface area contributed by atoms with Gasteiger partial charge in [-0.3, -0.25) is 14.5 Å². The Bertz CT molecular complexity index is 1150. The highest BCUT2D eigenvalue weighted by Gasteiger charge is 2.46. The fraction of sp³-hybridized carbons (Fsp3) is 0.154. The van der Waals surface area contributed by atoms with Crippen LogP contribution in [0.1, 0.15) is 22.7 Å². The number of hydrogen-bond acceptors (Lipinski definition) is 4. The minimum atomic E-state index is -0.715. The van der Waals surface area contributed by atoms with Gasteiger partial charge in [0.2, 0.25) is 0 Å². The van der Waals surface area contributed by atoms with Crippen molar-refractivity contribution in [2.24, 2.45) is 0 Å². The first-order valence-electron chi connectivity index (χ1n) is 10.1. The van der Waals surface area contributed by atoms with Crippen molar-refractivity contribution in [3.8, 4) is 0 Å². The second kappa shape index (κ2) is 8.11. The maximum absolute atomic E-state index is 13.1. The first-order chi connectivity index (χ1) is 14.9. The quantitative estimate of drug-likeness (QED) is 0.384. The summed E-state index contributed by atoms with van der Waals surface area (Å²) in [5, 5.41) is 11.1. The Morgan fingerprint density at radius 1 is 0.871 bits per heavy atom. The Hall–Kier alpha value is -3.86. The van der Waals surface area contributed by atoms with Crippen LogP contribution in [0.4, 0.5) is 11.4 Å². The van der Waals surface area contributed by atoms with Crippen LogP contribution >= 0.6 is 0 Å². The van der Waals surface area contributed by atoms with Gasteiger partial charge in [-0.25, -0.2) is 0 Å². The number of rotatable bonds is 4. The lowest BCUT2D eigenvalue weighted by molar-refractivity contribution is -0.132. The molecule has 0 bridgehead atoms. The van der Waals surface area contributed by atoms with E-state index in [0.717, 1.165) is 16.8 Å². The molecule has 1 aliphatic heterocycles. The van der Waals surface area contributed by atoms with E-state index >= 15 is 0 Å². The van der Waals surface area contributed by atoms with Crippen molar-refractivity contribution < 1.29 is 14.7 Å². The normalized spacial score (nSPS) is 17.8. The Kier molecular flexibility index (Phi) is 5.34. The van der Waals surface area contributed by atoms with Gasteiger partial charge in [-0.1, -0.05) is 60.2 Å². The molecule has 31 heavy (non-hydrogen) atoms. The van der Waals surface area contributed by atoms with Crippen molar-refractivity contribution in [1.82, 2.24) is 0 Å². The molecule has 4 rings (SSSR count). The molecule has 5 nitrogen and oxygen atoms in total. The van der Waals surface area contributed by atoms with Gasteiger partial charge in [-0.2, -0.15) is 0 Å². The molecule has 0 radical (unpaired) electrons. The van der Waals surface area contributed by atoms with Crippen LogP contribution in [0.25, 0.3) is 5.76 Å². The zero-order valence-corrected chi connectivity index (χ0v) is 17.7. The number of carbonyl (C=O) groups excluding carboxylic acids is 2. The molecule has 0 saturated carbocycles. The van der Waals surface area contributed by atoms with Crippen LogP contribution in [0, 0.1) is 6.92 Å². The summed E-state index contributed by atoms with van der Waals surface area (Å²) in [5.74, 6) is -1.51. The number of benzene rings is 3. The Labute approximate surface area is 181 Å². The molecule has 1 atom stereocenters. The highest BCUT2D eigenvalue weighted by molar-refractivity contribution is 6.51. The van der Waals surface area contributed by atoms with Crippen molar-refractivity contribution in [2.75, 3.05) is 23.9 Å². The van der Waals surface area contributed by atoms with E-state index in [1.54, 1.807) is 12.1 Å². The first-order valence-corrected chi connectivity index (χ1v) is 10.1. The van der Waals surface area contributed by atoms with Gasteiger partial charge < -0.3 is 10.0 Å². The van der Waals surface area contributed by atoms with Gasteiger partial charge >= 0.3 is 0 Å². The van der Waals surface area contributed by atoms with E-state index in [4.69, 9.17) is 0 Å². The van der Waals surface area contributed by atoms with Crippen molar-refractivity contribution in [1.29, 1.82) is 0 Å². The minimum absolute atomic E-state index is 0.0942. The second-order valence-corrected chi connectivity index (χ2v) is 7.86. The first kappa shape index (κ1) is 20.4. The van der Waals surface area contributed by atoms with Crippen molar-refractivity contribution in [3.05, 3.63) is 101 Å². The molecule has 1 aliphatic rings. The van der Waals surface area contributed by atoms with Gasteiger partial charge in [-0.15, -0.1) is 0 Å². The predicted octanol–water partition coefficient (Wildman–Crippen LogP) is 4.69. The van der Waals surface area contributed by atoms with Gasteiger partial charge in [-0.05, 0) is 36.8 Å². The van der Waals surface area contributed by atoms with Crippen molar-refractivity contribution >= 4 is 28.8 Å². The van der Waals surface area contributed by atoms with E-state index in [-0.39, 0.29) is 11.3 Å². The molecular weight excluding hydrogens is 388 g/mol. The van der Waals surface area contributed by atoms with E-state index in [2.05, 4.69) is 0 Å². The number of aryl methyl sites for hydroxylation is 1. The smallest absolute Gasteiger partial charge is 0.300 e. The van der Waals surface area contributed by atoms with E-state index in [9.17, 15) is 14.7 Å². The number of aliphatic hydroxyl groups excluding tert-OH is 1. The van der Waals surface area contributed by atoms with Crippen LogP contribution in [0.3, 0.4) is 0 Å². The maximum Gasteiger partial charge on any atom is 0.300 e. The molecule has 1 fully saturated rings. The summed E-state index contributed by atoms with van der Waals surface area (Å²) in [6.45, 7) is 1.95. The van der Waals surface area contributed by atoms with Gasteiger partial charge in [0.25, 0.3) is 11.7 Å². The third-order valence-corrected chi connectivity index (χ3v) is 5.53. The number of anilines is 2. The number of hydrogen-bond donors (Lipinski definition) is 1. The summed E-state index contributed by atoms with van der Waals surface area (Å²) in [4.78, 5) is 29.7. The highest BCUT2D eigenvalue weighted by Crippen LogP contribution is 2.42. The van der Waals surface area contributed by atoms with Gasteiger partial charge in [0.15, 0.2) is 0 Å². The van der Waals surface area contributed by atoms with Crippen LogP contribution in [-0.4, -0.2) is 30.9 Å². The van der Waals surface area contributed by atoms with Crippen molar-refractivity contribution in [2.45, 2.75) is 13.0 Å². The molecule has 0 aromatic heterocycles. The number of ketones is 1. The molecular formula is C26H24N2O3. The monoisotopic (exact) mass is 412 g/mol. The minimum Gasteiger partial charge on any atom is -0.507 e. The summed E-state index contributed by atoms with van der Waals surface area (Å²) in [6.07, 6.45) is 0. The molecule has 156 valence electrons. The number of aliphatic hydroxyl groups is 1. The van der Waals surface area contributed by atoms with Crippen LogP contribution < -0.4 is 9.80 Å². The van der Waals surface area contributed by atoms with E-state index in [0.29, 0.717) is 11.3 Å². The fourth-order valence-electron chi connectivity index (χ4n) is 3.83. The lowest BCUT2D eigenvalue weighted by Gasteiger charge is -2.26. The van der Waals surface area contributed by atoms with Crippen molar-refractivity contribution in [3.63, 3.8) is 0 Å². The summed E-state index contributed by atoms with van der Waals surface area (Å²) < 4.78 is 0. The summed E-state index contributed by atoms with van der Waals surface area (Å²) in [5.41, 5.74) is 3.98. The number of carbonyl (C=O) groups is 2. The van der Waals surface area contributed by atoms with E-state index < -0.39 is 17.7 Å². The number of nitrogens with zero attached hydrogens (tertiary/aromatic N) is 2. The number of Topliss-reactive ketones (excluding diaryl/α,β-unsaturated/α-hetero) is 1. The van der Waals surface area contributed by atoms with Gasteiger partial charge in [0, 0.05) is 31.0 Å². The molecule has 3 aromatic rings. The van der Waals surface area contributed by atoms with E-state index in [1.807, 2.05) is 92.6 Å². The fourth-order valence-corrected chi connectivity index (χ4v) is 3.83. The van der Waals surface area contributed by atoms with Crippen LogP contribution in [0.2, 0.25) is 0 Å². The summed E-state index contributed by atoms with van der Waals surface area (Å²) >= 11 is 0. The third kappa shape index (κ3) is 3.70. The van der Waals surface area contributed by atoms with Gasteiger partial charge in [0.05, 0.1) is 11.6 Å². The molecule has 0 aliphatic carbocycles. The lowest BCUT2D eigenvalue weighted by Crippen LogP contribution is -2.29. The third-order valence-electron chi connectivity index (χ3n) is 5.53. The zero-order chi connectivity index (χ0) is 22.1. The molecule has 0 unspecified atom stereocenters. The molecule has 1 N–H and O–H groups in total. The highest BCUT2D eigenvalue weighted by atomic mass is 16.3. The SMILES string of the molecule is Cc1ccc(/C(O)=C2\C(=O)C(=O)N(c3ccc(N(C)C)cc3)[C@H]2c2ccccc2)cc1. The lowest BCUT2D eigenvalue weighted by atomic mass is 9.95. The molecule has 0 spiro atoms. The predicted molar refractivity (Wildman–Crippen MR) is 123 cm³/mol. The largest absolute Gasteiger partial charge is 0.507 e. The molecule has 3 aromatic carbocycles. The van der Waals surface area contributed by atoms with Crippen LogP contribution in [0.5, 0.6) is 0 Å². The zero-order valence-electron chi connectivity index (χ0n) is 17.7. The topological polar surface area (TPSA) is 60.9 Å². The van der Waals surface area contributed by atoms with Gasteiger partial charge in [0.1, 0.15) is 5.76 Å². The Morgan fingerprint density at radius 2 is 1.48 bits per heavy atom. The van der Waals surface area contributed by atoms with Crippen LogP contribution in [-0.2, 0) is 9.59 Å². The molecule has 1 amide bonds. The molecule has 5 heteroatoms. The second-order valence-electron chi connectivity index (χ2n) is 7.86. The summed E-state index contributed by atoms with van der Waals surface area (Å²) in [7, 11) is 3.87. The molecule has 1 saturated heterocycles. The van der Waals surface area contributed by atoms with Crippen LogP contribution in [0.15, 0.2) is 84.4 Å². The Balaban J connectivity index is 1.89. The average Bonchev–Trinajstić information content (AvgIpc) is 3.05. The average molecular weight is 412 g/mol. The maximum atomic E-state index is 13.1. The summed E-state index contributed by atoms with van der Waals surface area (Å²) in [6, 6.07) is 23.3. The molecule has 1 heterocycles. The standard InChI is InChI=1S/C26H24N2O3/c1-17-9-11-19(12-10-17)24(29)22-23(18-7-5-4-6-8-18)28(26(31)25(22)30)21-15-13-20(14-16-21)27(2)3/h4-16,23,29H,1-3H3/b24-22+/t23-/m0/s1.